The highest BCUT2D eigenvalue weighted by molar-refractivity contribution is 5.99. The fourth-order valence-corrected chi connectivity index (χ4v) is 2.27. The van der Waals surface area contributed by atoms with E-state index in [2.05, 4.69) is 5.10 Å². The number of rotatable bonds is 8. The first-order chi connectivity index (χ1) is 11.9. The molecule has 0 radical (unpaired) electrons. The summed E-state index contributed by atoms with van der Waals surface area (Å²) in [5.74, 6) is -1.40. The predicted octanol–water partition coefficient (Wildman–Crippen LogP) is 2.70. The van der Waals surface area contributed by atoms with E-state index in [1.165, 1.54) is 12.1 Å². The molecule has 2 aromatic rings. The number of ketones is 1. The second-order valence-corrected chi connectivity index (χ2v) is 5.17. The molecular weight excluding hydrogens is 333 g/mol. The number of Topliss-reactive ketones (excluding diaryl/α,β-unsaturated/α-hetero) is 1. The van der Waals surface area contributed by atoms with Crippen LogP contribution in [0.4, 0.5) is 10.1 Å². The van der Waals surface area contributed by atoms with E-state index in [0.717, 1.165) is 29.2 Å². The minimum absolute atomic E-state index is 0.0495. The molecule has 1 aromatic heterocycles. The molecule has 0 spiro atoms. The maximum atomic E-state index is 13.0. The molecule has 25 heavy (non-hydrogen) atoms. The van der Waals surface area contributed by atoms with Crippen LogP contribution in [0.2, 0.25) is 0 Å². The summed E-state index contributed by atoms with van der Waals surface area (Å²) in [6.07, 6.45) is 2.14. The molecule has 0 saturated heterocycles. The highest BCUT2D eigenvalue weighted by atomic mass is 19.1. The largest absolute Gasteiger partial charge is 0.466 e. The van der Waals surface area contributed by atoms with E-state index in [4.69, 9.17) is 4.74 Å². The van der Waals surface area contributed by atoms with Gasteiger partial charge in [0.15, 0.2) is 5.78 Å². The number of nitrogens with zero attached hydrogens (tertiary/aromatic N) is 3. The lowest BCUT2D eigenvalue weighted by molar-refractivity contribution is -0.385. The van der Waals surface area contributed by atoms with Crippen LogP contribution in [0.15, 0.2) is 36.7 Å². The van der Waals surface area contributed by atoms with Crippen LogP contribution >= 0.6 is 0 Å². The molecule has 8 nitrogen and oxygen atoms in total. The Kier molecular flexibility index (Phi) is 5.93. The second-order valence-electron chi connectivity index (χ2n) is 5.17. The van der Waals surface area contributed by atoms with Crippen molar-refractivity contribution < 1.29 is 23.6 Å². The predicted molar refractivity (Wildman–Crippen MR) is 84.5 cm³/mol. The van der Waals surface area contributed by atoms with E-state index >= 15 is 0 Å². The fourth-order valence-electron chi connectivity index (χ4n) is 2.27. The number of aromatic nitrogens is 2. The van der Waals surface area contributed by atoms with Gasteiger partial charge in [-0.25, -0.2) is 4.39 Å². The van der Waals surface area contributed by atoms with Gasteiger partial charge in [0, 0.05) is 12.0 Å². The van der Waals surface area contributed by atoms with Crippen LogP contribution < -0.4 is 0 Å². The third kappa shape index (κ3) is 4.69. The van der Waals surface area contributed by atoms with Gasteiger partial charge in [0.1, 0.15) is 24.3 Å². The van der Waals surface area contributed by atoms with E-state index in [1.807, 2.05) is 0 Å². The molecule has 1 unspecified atom stereocenters. The first kappa shape index (κ1) is 18.2. The van der Waals surface area contributed by atoms with Crippen LogP contribution in [0.1, 0.15) is 36.2 Å². The smallest absolute Gasteiger partial charge is 0.307 e. The lowest BCUT2D eigenvalue weighted by Crippen LogP contribution is -2.22. The number of esters is 1. The molecule has 0 fully saturated rings. The maximum Gasteiger partial charge on any atom is 0.307 e. The quantitative estimate of drug-likeness (QED) is 0.314. The minimum atomic E-state index is -0.941. The molecule has 0 aliphatic heterocycles. The summed E-state index contributed by atoms with van der Waals surface area (Å²) >= 11 is 0. The van der Waals surface area contributed by atoms with Crippen LogP contribution in [-0.2, 0) is 9.53 Å². The summed E-state index contributed by atoms with van der Waals surface area (Å²) in [6.45, 7) is 1.87. The first-order valence-electron chi connectivity index (χ1n) is 7.56. The van der Waals surface area contributed by atoms with Gasteiger partial charge in [-0.1, -0.05) is 0 Å². The van der Waals surface area contributed by atoms with Crippen LogP contribution in [0.3, 0.4) is 0 Å². The number of ether oxygens (including phenoxy) is 1. The minimum Gasteiger partial charge on any atom is -0.466 e. The van der Waals surface area contributed by atoms with Crippen molar-refractivity contribution in [3.8, 4) is 0 Å². The number of carbonyl (C=O) groups is 2. The Bertz CT molecular complexity index is 772. The topological polar surface area (TPSA) is 104 Å². The summed E-state index contributed by atoms with van der Waals surface area (Å²) in [5, 5.41) is 14.7. The van der Waals surface area contributed by atoms with Crippen molar-refractivity contribution in [1.29, 1.82) is 0 Å². The van der Waals surface area contributed by atoms with Gasteiger partial charge in [0.2, 0.25) is 0 Å². The Labute approximate surface area is 142 Å². The summed E-state index contributed by atoms with van der Waals surface area (Å²) in [6, 6.07) is 3.96. The van der Waals surface area contributed by atoms with E-state index in [-0.39, 0.29) is 30.7 Å². The van der Waals surface area contributed by atoms with Gasteiger partial charge < -0.3 is 4.74 Å². The molecule has 0 aliphatic carbocycles. The molecule has 2 rings (SSSR count). The van der Waals surface area contributed by atoms with Crippen molar-refractivity contribution in [2.45, 2.75) is 25.8 Å². The number of halogens is 1. The van der Waals surface area contributed by atoms with E-state index in [1.54, 1.807) is 6.92 Å². The number of nitro groups is 1. The van der Waals surface area contributed by atoms with Gasteiger partial charge in [0.05, 0.1) is 11.5 Å². The molecule has 9 heteroatoms. The van der Waals surface area contributed by atoms with Gasteiger partial charge in [-0.2, -0.15) is 5.10 Å². The summed E-state index contributed by atoms with van der Waals surface area (Å²) in [7, 11) is 0. The zero-order valence-corrected chi connectivity index (χ0v) is 13.4. The molecule has 0 aliphatic rings. The van der Waals surface area contributed by atoms with Crippen LogP contribution in [0, 0.1) is 15.9 Å². The Hall–Kier alpha value is -3.10. The van der Waals surface area contributed by atoms with E-state index in [9.17, 15) is 24.1 Å². The average Bonchev–Trinajstić information content (AvgIpc) is 3.06. The monoisotopic (exact) mass is 349 g/mol. The first-order valence-corrected chi connectivity index (χ1v) is 7.56. The standard InChI is InChI=1S/C16H16FN3O5/c1-2-25-15(21)8-7-14(19-10-13(9-18-19)20(23)24)16(22)11-3-5-12(17)6-4-11/h3-6,9-10,14H,2,7-8H2,1H3. The molecule has 1 heterocycles. The van der Waals surface area contributed by atoms with Crippen molar-refractivity contribution in [1.82, 2.24) is 9.78 Å². The van der Waals surface area contributed by atoms with Crippen molar-refractivity contribution in [2.75, 3.05) is 6.61 Å². The van der Waals surface area contributed by atoms with Crippen molar-refractivity contribution in [3.63, 3.8) is 0 Å². The van der Waals surface area contributed by atoms with Gasteiger partial charge in [-0.3, -0.25) is 24.4 Å². The molecule has 0 bridgehead atoms. The van der Waals surface area contributed by atoms with Crippen LogP contribution in [0.25, 0.3) is 0 Å². The van der Waals surface area contributed by atoms with Gasteiger partial charge in [-0.05, 0) is 37.6 Å². The van der Waals surface area contributed by atoms with E-state index < -0.39 is 28.5 Å². The highest BCUT2D eigenvalue weighted by Crippen LogP contribution is 2.22. The Balaban J connectivity index is 2.26. The third-order valence-corrected chi connectivity index (χ3v) is 3.48. The van der Waals surface area contributed by atoms with Gasteiger partial charge >= 0.3 is 11.7 Å². The number of hydrogen-bond donors (Lipinski definition) is 0. The van der Waals surface area contributed by atoms with Crippen molar-refractivity contribution >= 4 is 17.4 Å². The zero-order valence-electron chi connectivity index (χ0n) is 13.4. The summed E-state index contributed by atoms with van der Waals surface area (Å²) in [4.78, 5) is 34.5. The average molecular weight is 349 g/mol. The third-order valence-electron chi connectivity index (χ3n) is 3.48. The maximum absolute atomic E-state index is 13.0. The zero-order chi connectivity index (χ0) is 18.4. The summed E-state index contributed by atoms with van der Waals surface area (Å²) < 4.78 is 19.0. The normalized spacial score (nSPS) is 11.8. The SMILES string of the molecule is CCOC(=O)CCC(C(=O)c1ccc(F)cc1)n1cc([N+](=O)[O-])cn1. The Morgan fingerprint density at radius 3 is 2.60 bits per heavy atom. The molecule has 0 amide bonds. The van der Waals surface area contributed by atoms with Crippen molar-refractivity contribution in [2.24, 2.45) is 0 Å². The lowest BCUT2D eigenvalue weighted by atomic mass is 10.0. The second kappa shape index (κ2) is 8.13. The number of carbonyl (C=O) groups excluding carboxylic acids is 2. The number of hydrogen-bond acceptors (Lipinski definition) is 6. The number of benzene rings is 1. The molecular formula is C16H16FN3O5. The van der Waals surface area contributed by atoms with Gasteiger partial charge in [0.25, 0.3) is 0 Å². The molecule has 1 atom stereocenters. The molecule has 0 N–H and O–H groups in total. The fraction of sp³-hybridized carbons (Fsp3) is 0.312. The van der Waals surface area contributed by atoms with E-state index in [0.29, 0.717) is 0 Å². The van der Waals surface area contributed by atoms with Crippen LogP contribution in [-0.4, -0.2) is 33.1 Å². The highest BCUT2D eigenvalue weighted by Gasteiger charge is 2.25. The molecule has 0 saturated carbocycles. The Morgan fingerprint density at radius 1 is 1.36 bits per heavy atom. The Morgan fingerprint density at radius 2 is 2.04 bits per heavy atom. The van der Waals surface area contributed by atoms with Gasteiger partial charge in [-0.15, -0.1) is 0 Å². The summed E-state index contributed by atoms with van der Waals surface area (Å²) in [5.41, 5.74) is -0.0542. The van der Waals surface area contributed by atoms with Crippen molar-refractivity contribution in [3.05, 3.63) is 58.2 Å². The molecule has 132 valence electrons. The molecule has 1 aromatic carbocycles. The van der Waals surface area contributed by atoms with Crippen LogP contribution in [0.5, 0.6) is 0 Å². The lowest BCUT2D eigenvalue weighted by Gasteiger charge is -2.16.